The molecule has 9 nitrogen and oxygen atoms in total. The lowest BCUT2D eigenvalue weighted by atomic mass is 10.1. The number of benzene rings is 1. The Morgan fingerprint density at radius 1 is 1.10 bits per heavy atom. The highest BCUT2D eigenvalue weighted by atomic mass is 16.1. The van der Waals surface area contributed by atoms with E-state index in [9.17, 15) is 15.3 Å². The number of hydrogen-bond donors (Lipinski definition) is 1. The van der Waals surface area contributed by atoms with Crippen LogP contribution >= 0.6 is 0 Å². The Labute approximate surface area is 179 Å². The molecule has 3 heterocycles. The van der Waals surface area contributed by atoms with Crippen molar-refractivity contribution < 1.29 is 0 Å². The van der Waals surface area contributed by atoms with Crippen molar-refractivity contribution >= 4 is 17.1 Å². The van der Waals surface area contributed by atoms with Crippen LogP contribution in [0.15, 0.2) is 29.1 Å². The second-order valence-corrected chi connectivity index (χ2v) is 7.04. The number of nitriles is 2. The number of anilines is 1. The van der Waals surface area contributed by atoms with Gasteiger partial charge in [-0.25, -0.2) is 0 Å². The molecular formula is C22H20N8O. The van der Waals surface area contributed by atoms with Gasteiger partial charge in [0.25, 0.3) is 5.56 Å². The summed E-state index contributed by atoms with van der Waals surface area (Å²) in [6.07, 6.45) is 0. The number of imidazole rings is 1. The van der Waals surface area contributed by atoms with E-state index in [0.29, 0.717) is 29.1 Å². The molecule has 0 radical (unpaired) electrons. The molecule has 0 atom stereocenters. The third-order valence-electron chi connectivity index (χ3n) is 5.22. The second-order valence-electron chi connectivity index (χ2n) is 7.04. The molecule has 154 valence electrons. The Kier molecular flexibility index (Phi) is 5.66. The lowest BCUT2D eigenvalue weighted by molar-refractivity contribution is 0.572. The van der Waals surface area contributed by atoms with Gasteiger partial charge < -0.3 is 10.2 Å². The minimum Gasteiger partial charge on any atom is -0.340 e. The molecule has 0 bridgehead atoms. The largest absolute Gasteiger partial charge is 0.340 e. The number of nitrogens with zero attached hydrogens (tertiary/aromatic N) is 7. The molecule has 1 N–H and O–H groups in total. The molecular weight excluding hydrogens is 392 g/mol. The molecule has 2 aromatic heterocycles. The Morgan fingerprint density at radius 2 is 1.87 bits per heavy atom. The van der Waals surface area contributed by atoms with Gasteiger partial charge in [0.15, 0.2) is 11.2 Å². The van der Waals surface area contributed by atoms with Crippen molar-refractivity contribution in [1.29, 1.82) is 10.5 Å². The average molecular weight is 412 g/mol. The van der Waals surface area contributed by atoms with Gasteiger partial charge in [0, 0.05) is 26.2 Å². The summed E-state index contributed by atoms with van der Waals surface area (Å²) in [5.41, 5.74) is 1.26. The Hall–Kier alpha value is -4.13. The summed E-state index contributed by atoms with van der Waals surface area (Å²) < 4.78 is 3.08. The van der Waals surface area contributed by atoms with Gasteiger partial charge in [-0.1, -0.05) is 24.1 Å². The third kappa shape index (κ3) is 3.73. The molecule has 1 aromatic carbocycles. The van der Waals surface area contributed by atoms with Crippen molar-refractivity contribution in [2.45, 2.75) is 20.0 Å². The van der Waals surface area contributed by atoms with Gasteiger partial charge >= 0.3 is 0 Å². The first-order chi connectivity index (χ1) is 15.2. The molecule has 0 saturated carbocycles. The predicted octanol–water partition coefficient (Wildman–Crippen LogP) is 0.818. The number of piperazine rings is 1. The van der Waals surface area contributed by atoms with Crippen LogP contribution < -0.4 is 15.8 Å². The molecule has 1 aliphatic heterocycles. The smallest absolute Gasteiger partial charge is 0.281 e. The average Bonchev–Trinajstić information content (AvgIpc) is 3.18. The maximum Gasteiger partial charge on any atom is 0.281 e. The van der Waals surface area contributed by atoms with E-state index in [2.05, 4.69) is 38.1 Å². The maximum atomic E-state index is 13.5. The van der Waals surface area contributed by atoms with Crippen LogP contribution in [0.1, 0.15) is 23.9 Å². The first-order valence-electron chi connectivity index (χ1n) is 9.92. The van der Waals surface area contributed by atoms with Gasteiger partial charge in [-0.15, -0.1) is 5.92 Å². The van der Waals surface area contributed by atoms with Gasteiger partial charge in [0.1, 0.15) is 6.07 Å². The van der Waals surface area contributed by atoms with E-state index in [4.69, 9.17) is 0 Å². The van der Waals surface area contributed by atoms with E-state index in [1.807, 2.05) is 6.07 Å². The summed E-state index contributed by atoms with van der Waals surface area (Å²) >= 11 is 0. The van der Waals surface area contributed by atoms with Crippen LogP contribution in [0.4, 0.5) is 5.95 Å². The quantitative estimate of drug-likeness (QED) is 0.631. The van der Waals surface area contributed by atoms with E-state index >= 15 is 0 Å². The monoisotopic (exact) mass is 412 g/mol. The molecule has 3 aromatic rings. The second kappa shape index (κ2) is 8.71. The first kappa shape index (κ1) is 20.2. The molecule has 0 unspecified atom stereocenters. The SMILES string of the molecule is CC#CCn1c(N2CCNCC2)nc2nc(C#N)n(Cc3ccccc3C#N)c(=O)c21. The number of rotatable bonds is 4. The van der Waals surface area contributed by atoms with E-state index in [1.165, 1.54) is 4.57 Å². The first-order valence-corrected chi connectivity index (χ1v) is 9.92. The van der Waals surface area contributed by atoms with Crippen molar-refractivity contribution in [2.75, 3.05) is 31.1 Å². The van der Waals surface area contributed by atoms with Crippen molar-refractivity contribution in [3.8, 4) is 24.0 Å². The molecule has 4 rings (SSSR count). The number of nitrogens with one attached hydrogen (secondary N) is 1. The maximum absolute atomic E-state index is 13.5. The summed E-state index contributed by atoms with van der Waals surface area (Å²) in [5.74, 6) is 6.47. The number of hydrogen-bond acceptors (Lipinski definition) is 7. The van der Waals surface area contributed by atoms with Crippen LogP contribution in [-0.4, -0.2) is 45.3 Å². The zero-order valence-corrected chi connectivity index (χ0v) is 17.1. The molecule has 31 heavy (non-hydrogen) atoms. The van der Waals surface area contributed by atoms with E-state index in [-0.39, 0.29) is 23.6 Å². The predicted molar refractivity (Wildman–Crippen MR) is 115 cm³/mol. The molecule has 0 amide bonds. The third-order valence-corrected chi connectivity index (χ3v) is 5.22. The summed E-state index contributed by atoms with van der Waals surface area (Å²) in [6.45, 7) is 5.23. The van der Waals surface area contributed by atoms with Crippen molar-refractivity contribution in [1.82, 2.24) is 24.4 Å². The van der Waals surface area contributed by atoms with Crippen LogP contribution in [0.3, 0.4) is 0 Å². The lowest BCUT2D eigenvalue weighted by Crippen LogP contribution is -2.44. The fraction of sp³-hybridized carbons (Fsp3) is 0.318. The fourth-order valence-electron chi connectivity index (χ4n) is 3.69. The van der Waals surface area contributed by atoms with Gasteiger partial charge in [-0.3, -0.25) is 13.9 Å². The Bertz CT molecular complexity index is 1340. The standard InChI is InChI=1S/C22H20N8O/c1-2-3-10-29-19-20(27-22(29)28-11-8-25-9-12-28)26-18(14-24)30(21(19)31)15-17-7-5-4-6-16(17)13-23/h4-7,25H,8-12,15H2,1H3. The molecule has 0 spiro atoms. The summed E-state index contributed by atoms with van der Waals surface area (Å²) in [4.78, 5) is 24.6. The fourth-order valence-corrected chi connectivity index (χ4v) is 3.69. The Morgan fingerprint density at radius 3 is 2.58 bits per heavy atom. The van der Waals surface area contributed by atoms with Crippen molar-refractivity contribution in [2.24, 2.45) is 0 Å². The summed E-state index contributed by atoms with van der Waals surface area (Å²) in [6, 6.07) is 11.1. The highest BCUT2D eigenvalue weighted by molar-refractivity contribution is 5.75. The van der Waals surface area contributed by atoms with Crippen LogP contribution in [-0.2, 0) is 13.1 Å². The molecule has 1 fully saturated rings. The van der Waals surface area contributed by atoms with E-state index in [0.717, 1.165) is 26.2 Å². The molecule has 1 aliphatic rings. The summed E-state index contributed by atoms with van der Waals surface area (Å²) in [5, 5.41) is 22.4. The van der Waals surface area contributed by atoms with Crippen LogP contribution in [0.2, 0.25) is 0 Å². The topological polar surface area (TPSA) is 116 Å². The van der Waals surface area contributed by atoms with Crippen LogP contribution in [0.25, 0.3) is 11.2 Å². The summed E-state index contributed by atoms with van der Waals surface area (Å²) in [7, 11) is 0. The van der Waals surface area contributed by atoms with Crippen LogP contribution in [0.5, 0.6) is 0 Å². The molecule has 0 aliphatic carbocycles. The molecule has 9 heteroatoms. The van der Waals surface area contributed by atoms with Gasteiger partial charge in [0.2, 0.25) is 11.8 Å². The lowest BCUT2D eigenvalue weighted by Gasteiger charge is -2.28. The zero-order chi connectivity index (χ0) is 21.8. The van der Waals surface area contributed by atoms with Crippen LogP contribution in [0, 0.1) is 34.5 Å². The zero-order valence-electron chi connectivity index (χ0n) is 17.1. The number of aromatic nitrogens is 4. The van der Waals surface area contributed by atoms with Crippen molar-refractivity contribution in [3.63, 3.8) is 0 Å². The van der Waals surface area contributed by atoms with Gasteiger partial charge in [0.05, 0.1) is 24.7 Å². The van der Waals surface area contributed by atoms with Gasteiger partial charge in [-0.2, -0.15) is 20.5 Å². The van der Waals surface area contributed by atoms with Crippen molar-refractivity contribution in [3.05, 3.63) is 51.6 Å². The Balaban J connectivity index is 1.92. The van der Waals surface area contributed by atoms with Gasteiger partial charge in [-0.05, 0) is 18.6 Å². The highest BCUT2D eigenvalue weighted by Gasteiger charge is 2.24. The minimum atomic E-state index is -0.374. The minimum absolute atomic E-state index is 0.0386. The van der Waals surface area contributed by atoms with E-state index in [1.54, 1.807) is 35.8 Å². The number of fused-ring (bicyclic) bond motifs is 1. The molecule has 1 saturated heterocycles. The van der Waals surface area contributed by atoms with E-state index < -0.39 is 0 Å². The normalized spacial score (nSPS) is 13.3. The highest BCUT2D eigenvalue weighted by Crippen LogP contribution is 2.20.